The van der Waals surface area contributed by atoms with Crippen LogP contribution in [0.1, 0.15) is 17.5 Å². The Morgan fingerprint density at radius 1 is 1.50 bits per heavy atom. The van der Waals surface area contributed by atoms with Crippen LogP contribution in [-0.4, -0.2) is 23.4 Å². The van der Waals surface area contributed by atoms with Crippen LogP contribution in [0.2, 0.25) is 0 Å². The van der Waals surface area contributed by atoms with Gasteiger partial charge in [-0.05, 0) is 23.6 Å². The topological polar surface area (TPSA) is 40.5 Å². The molecule has 4 heteroatoms. The molecule has 1 heterocycles. The predicted molar refractivity (Wildman–Crippen MR) is 63.8 cm³/mol. The van der Waals surface area contributed by atoms with E-state index in [0.29, 0.717) is 12.3 Å². The van der Waals surface area contributed by atoms with Crippen molar-refractivity contribution in [2.75, 3.05) is 17.3 Å². The summed E-state index contributed by atoms with van der Waals surface area (Å²) in [5.41, 5.74) is 2.99. The van der Waals surface area contributed by atoms with Crippen LogP contribution in [0, 0.1) is 0 Å². The third kappa shape index (κ3) is 2.06. The molecule has 0 fully saturated rings. The average Bonchev–Trinajstić information content (AvgIpc) is 2.71. The zero-order chi connectivity index (χ0) is 11.5. The number of alkyl halides is 1. The molecule has 1 aliphatic heterocycles. The Labute approximate surface area is 99.6 Å². The van der Waals surface area contributed by atoms with E-state index in [1.807, 2.05) is 18.2 Å². The fourth-order valence-corrected chi connectivity index (χ4v) is 2.19. The number of carbonyl (C=O) groups is 1. The van der Waals surface area contributed by atoms with Gasteiger partial charge in [0.05, 0.1) is 6.61 Å². The first kappa shape index (κ1) is 11.4. The molecule has 0 aromatic heterocycles. The normalized spacial score (nSPS) is 14.0. The lowest BCUT2D eigenvalue weighted by Crippen LogP contribution is -2.28. The van der Waals surface area contributed by atoms with Crippen molar-refractivity contribution < 1.29 is 9.90 Å². The number of halogens is 1. The summed E-state index contributed by atoms with van der Waals surface area (Å²) < 4.78 is 0. The molecular weight excluding hydrogens is 226 g/mol. The highest BCUT2D eigenvalue weighted by Gasteiger charge is 2.23. The van der Waals surface area contributed by atoms with E-state index in [1.165, 1.54) is 0 Å². The first-order chi connectivity index (χ1) is 7.76. The van der Waals surface area contributed by atoms with Gasteiger partial charge in [0, 0.05) is 24.5 Å². The smallest absolute Gasteiger partial charge is 0.228 e. The van der Waals surface area contributed by atoms with Crippen molar-refractivity contribution in [2.45, 2.75) is 19.4 Å². The Morgan fingerprint density at radius 2 is 2.31 bits per heavy atom. The molecule has 0 aliphatic carbocycles. The molecule has 16 heavy (non-hydrogen) atoms. The molecule has 0 saturated heterocycles. The summed E-state index contributed by atoms with van der Waals surface area (Å²) >= 11 is 5.57. The van der Waals surface area contributed by atoms with E-state index < -0.39 is 0 Å². The Morgan fingerprint density at radius 3 is 3.00 bits per heavy atom. The summed E-state index contributed by atoms with van der Waals surface area (Å²) in [6, 6.07) is 5.72. The molecule has 86 valence electrons. The van der Waals surface area contributed by atoms with Crippen molar-refractivity contribution in [2.24, 2.45) is 0 Å². The van der Waals surface area contributed by atoms with Crippen LogP contribution in [0.5, 0.6) is 0 Å². The summed E-state index contributed by atoms with van der Waals surface area (Å²) in [5, 5.41) is 9.03. The molecule has 2 rings (SSSR count). The third-order valence-corrected chi connectivity index (χ3v) is 3.02. The second-order valence-corrected chi connectivity index (χ2v) is 4.23. The lowest BCUT2D eigenvalue weighted by molar-refractivity contribution is -0.118. The van der Waals surface area contributed by atoms with Gasteiger partial charge in [0.25, 0.3) is 0 Å². The fourth-order valence-electron chi connectivity index (χ4n) is 2.03. The Kier molecular flexibility index (Phi) is 3.46. The minimum Gasteiger partial charge on any atom is -0.392 e. The van der Waals surface area contributed by atoms with Crippen LogP contribution in [-0.2, 0) is 17.8 Å². The lowest BCUT2D eigenvalue weighted by Gasteiger charge is -2.16. The number of carbonyl (C=O) groups excluding carboxylic acids is 1. The van der Waals surface area contributed by atoms with Gasteiger partial charge in [-0.2, -0.15) is 0 Å². The Balaban J connectivity index is 2.23. The van der Waals surface area contributed by atoms with Crippen LogP contribution in [0.4, 0.5) is 5.69 Å². The monoisotopic (exact) mass is 239 g/mol. The number of amides is 1. The SMILES string of the molecule is O=C(CCCl)N1CCc2cc(CO)ccc21. The minimum atomic E-state index is 0.0446. The zero-order valence-electron chi connectivity index (χ0n) is 8.95. The van der Waals surface area contributed by atoms with Crippen molar-refractivity contribution in [1.82, 2.24) is 0 Å². The highest BCUT2D eigenvalue weighted by molar-refractivity contribution is 6.19. The van der Waals surface area contributed by atoms with Gasteiger partial charge in [-0.15, -0.1) is 11.6 Å². The fraction of sp³-hybridized carbons (Fsp3) is 0.417. The van der Waals surface area contributed by atoms with Gasteiger partial charge >= 0.3 is 0 Å². The maximum Gasteiger partial charge on any atom is 0.228 e. The highest BCUT2D eigenvalue weighted by atomic mass is 35.5. The van der Waals surface area contributed by atoms with Crippen molar-refractivity contribution in [3.63, 3.8) is 0 Å². The molecule has 0 saturated carbocycles. The second-order valence-electron chi connectivity index (χ2n) is 3.86. The van der Waals surface area contributed by atoms with Crippen molar-refractivity contribution >= 4 is 23.2 Å². The van der Waals surface area contributed by atoms with Gasteiger partial charge in [0.2, 0.25) is 5.91 Å². The summed E-state index contributed by atoms with van der Waals surface area (Å²) in [7, 11) is 0. The van der Waals surface area contributed by atoms with Gasteiger partial charge in [0.15, 0.2) is 0 Å². The molecule has 0 bridgehead atoms. The van der Waals surface area contributed by atoms with Crippen molar-refractivity contribution in [3.8, 4) is 0 Å². The summed E-state index contributed by atoms with van der Waals surface area (Å²) in [5.74, 6) is 0.435. The number of rotatable bonds is 3. The van der Waals surface area contributed by atoms with Crippen LogP contribution < -0.4 is 4.90 Å². The van der Waals surface area contributed by atoms with Gasteiger partial charge in [-0.25, -0.2) is 0 Å². The van der Waals surface area contributed by atoms with Gasteiger partial charge in [0.1, 0.15) is 0 Å². The van der Waals surface area contributed by atoms with E-state index in [0.717, 1.165) is 29.8 Å². The number of hydrogen-bond acceptors (Lipinski definition) is 2. The summed E-state index contributed by atoms with van der Waals surface area (Å²) in [4.78, 5) is 13.5. The standard InChI is InChI=1S/C12H14ClNO2/c13-5-3-12(16)14-6-4-10-7-9(8-15)1-2-11(10)14/h1-2,7,15H,3-6,8H2. The first-order valence-corrected chi connectivity index (χ1v) is 5.88. The second kappa shape index (κ2) is 4.85. The van der Waals surface area contributed by atoms with E-state index in [2.05, 4.69) is 0 Å². The van der Waals surface area contributed by atoms with E-state index in [9.17, 15) is 4.79 Å². The van der Waals surface area contributed by atoms with E-state index >= 15 is 0 Å². The quantitative estimate of drug-likeness (QED) is 0.816. The number of fused-ring (bicyclic) bond motifs is 1. The number of nitrogens with zero attached hydrogens (tertiary/aromatic N) is 1. The lowest BCUT2D eigenvalue weighted by atomic mass is 10.1. The molecule has 0 radical (unpaired) electrons. The number of benzene rings is 1. The molecule has 1 aromatic rings. The molecule has 0 spiro atoms. The van der Waals surface area contributed by atoms with E-state index in [4.69, 9.17) is 16.7 Å². The largest absolute Gasteiger partial charge is 0.392 e. The molecule has 0 atom stereocenters. The van der Waals surface area contributed by atoms with Gasteiger partial charge < -0.3 is 10.0 Å². The highest BCUT2D eigenvalue weighted by Crippen LogP contribution is 2.29. The van der Waals surface area contributed by atoms with E-state index in [-0.39, 0.29) is 12.5 Å². The Bertz CT molecular complexity index is 406. The minimum absolute atomic E-state index is 0.0446. The number of anilines is 1. The van der Waals surface area contributed by atoms with Crippen LogP contribution in [0.15, 0.2) is 18.2 Å². The first-order valence-electron chi connectivity index (χ1n) is 5.35. The summed E-state index contributed by atoms with van der Waals surface area (Å²) in [6.45, 7) is 0.767. The maximum absolute atomic E-state index is 11.8. The van der Waals surface area contributed by atoms with Crippen LogP contribution in [0.25, 0.3) is 0 Å². The summed E-state index contributed by atoms with van der Waals surface area (Å²) in [6.07, 6.45) is 1.24. The molecule has 1 amide bonds. The maximum atomic E-state index is 11.8. The molecule has 1 aromatic carbocycles. The Hall–Kier alpha value is -1.06. The number of hydrogen-bond donors (Lipinski definition) is 1. The van der Waals surface area contributed by atoms with E-state index in [1.54, 1.807) is 4.90 Å². The van der Waals surface area contributed by atoms with Crippen LogP contribution in [0.3, 0.4) is 0 Å². The molecule has 1 aliphatic rings. The average molecular weight is 240 g/mol. The van der Waals surface area contributed by atoms with Crippen molar-refractivity contribution in [3.05, 3.63) is 29.3 Å². The number of aliphatic hydroxyl groups is 1. The third-order valence-electron chi connectivity index (χ3n) is 2.83. The zero-order valence-corrected chi connectivity index (χ0v) is 9.70. The molecule has 0 unspecified atom stereocenters. The van der Waals surface area contributed by atoms with Gasteiger partial charge in [-0.3, -0.25) is 4.79 Å². The molecular formula is C12H14ClNO2. The van der Waals surface area contributed by atoms with Crippen LogP contribution >= 0.6 is 11.6 Å². The molecule has 3 nitrogen and oxygen atoms in total. The van der Waals surface area contributed by atoms with Gasteiger partial charge in [-0.1, -0.05) is 12.1 Å². The number of aliphatic hydroxyl groups excluding tert-OH is 1. The van der Waals surface area contributed by atoms with Crippen molar-refractivity contribution in [1.29, 1.82) is 0 Å². The molecule has 1 N–H and O–H groups in total. The predicted octanol–water partition coefficient (Wildman–Crippen LogP) is 1.70.